The Bertz CT molecular complexity index is 1090. The minimum absolute atomic E-state index is 0.0999. The highest BCUT2D eigenvalue weighted by Crippen LogP contribution is 2.30. The normalized spacial score (nSPS) is 15.9. The Morgan fingerprint density at radius 2 is 2.22 bits per heavy atom. The van der Waals surface area contributed by atoms with E-state index in [2.05, 4.69) is 9.97 Å². The Morgan fingerprint density at radius 3 is 3.07 bits per heavy atom. The summed E-state index contributed by atoms with van der Waals surface area (Å²) in [4.78, 5) is 31.7. The van der Waals surface area contributed by atoms with Gasteiger partial charge in [0, 0.05) is 5.02 Å². The second-order valence-corrected chi connectivity index (χ2v) is 6.99. The summed E-state index contributed by atoms with van der Waals surface area (Å²) in [7, 11) is 0. The van der Waals surface area contributed by atoms with Crippen molar-refractivity contribution in [1.82, 2.24) is 9.97 Å². The van der Waals surface area contributed by atoms with Crippen molar-refractivity contribution in [3.63, 3.8) is 0 Å². The number of nitrogens with zero attached hydrogens (tertiary/aromatic N) is 1. The highest BCUT2D eigenvalue weighted by Gasteiger charge is 2.27. The Hall–Kier alpha value is -2.86. The molecule has 7 heteroatoms. The molecule has 0 fully saturated rings. The topological polar surface area (TPSA) is 81.3 Å². The summed E-state index contributed by atoms with van der Waals surface area (Å²) in [6, 6.07) is 10.7. The van der Waals surface area contributed by atoms with Crippen molar-refractivity contribution in [2.45, 2.75) is 20.0 Å². The molecule has 138 valence electrons. The first kappa shape index (κ1) is 17.5. The maximum Gasteiger partial charge on any atom is 0.313 e. The van der Waals surface area contributed by atoms with Crippen molar-refractivity contribution < 1.29 is 14.3 Å². The Morgan fingerprint density at radius 1 is 1.37 bits per heavy atom. The third-order valence-electron chi connectivity index (χ3n) is 4.60. The molecule has 1 unspecified atom stereocenters. The predicted molar refractivity (Wildman–Crippen MR) is 101 cm³/mol. The van der Waals surface area contributed by atoms with E-state index in [1.807, 2.05) is 19.1 Å². The number of aromatic amines is 1. The molecule has 1 atom stereocenters. The number of para-hydroxylation sites is 1. The van der Waals surface area contributed by atoms with Crippen molar-refractivity contribution in [2.75, 3.05) is 6.61 Å². The molecule has 4 rings (SSSR count). The van der Waals surface area contributed by atoms with E-state index in [1.54, 1.807) is 24.3 Å². The van der Waals surface area contributed by atoms with Crippen LogP contribution in [-0.4, -0.2) is 22.5 Å². The van der Waals surface area contributed by atoms with Gasteiger partial charge in [-0.05, 0) is 48.7 Å². The van der Waals surface area contributed by atoms with Gasteiger partial charge in [0.25, 0.3) is 5.56 Å². The van der Waals surface area contributed by atoms with Gasteiger partial charge in [0.05, 0.1) is 16.8 Å². The quantitative estimate of drug-likeness (QED) is 0.701. The van der Waals surface area contributed by atoms with Crippen molar-refractivity contribution in [3.05, 3.63) is 68.7 Å². The fourth-order valence-corrected chi connectivity index (χ4v) is 3.39. The fourth-order valence-electron chi connectivity index (χ4n) is 3.19. The summed E-state index contributed by atoms with van der Waals surface area (Å²) in [5.74, 6) is 0.229. The van der Waals surface area contributed by atoms with E-state index in [0.29, 0.717) is 28.2 Å². The molecular formula is C20H17ClN2O4. The number of rotatable bonds is 3. The lowest BCUT2D eigenvalue weighted by molar-refractivity contribution is -0.151. The van der Waals surface area contributed by atoms with Gasteiger partial charge >= 0.3 is 5.97 Å². The van der Waals surface area contributed by atoms with Gasteiger partial charge in [-0.2, -0.15) is 0 Å². The maximum absolute atomic E-state index is 12.4. The molecule has 1 aliphatic rings. The molecule has 0 radical (unpaired) electrons. The van der Waals surface area contributed by atoms with Crippen LogP contribution < -0.4 is 10.3 Å². The highest BCUT2D eigenvalue weighted by atomic mass is 35.5. The van der Waals surface area contributed by atoms with Crippen LogP contribution in [0.25, 0.3) is 10.9 Å². The predicted octanol–water partition coefficient (Wildman–Crippen LogP) is 3.18. The lowest BCUT2D eigenvalue weighted by Gasteiger charge is -2.24. The molecule has 0 saturated carbocycles. The first-order valence-corrected chi connectivity index (χ1v) is 8.95. The lowest BCUT2D eigenvalue weighted by atomic mass is 9.97. The van der Waals surface area contributed by atoms with Gasteiger partial charge < -0.3 is 14.5 Å². The molecule has 1 aliphatic heterocycles. The molecule has 0 saturated heterocycles. The number of carbonyl (C=O) groups excluding carboxylic acids is 1. The Kier molecular flexibility index (Phi) is 4.58. The van der Waals surface area contributed by atoms with Crippen LogP contribution in [0.15, 0.2) is 41.2 Å². The van der Waals surface area contributed by atoms with Crippen LogP contribution in [0.5, 0.6) is 5.75 Å². The summed E-state index contributed by atoms with van der Waals surface area (Å²) in [6.45, 7) is 2.03. The molecule has 0 aliphatic carbocycles. The smallest absolute Gasteiger partial charge is 0.313 e. The number of ether oxygens (including phenoxy) is 2. The molecular weight excluding hydrogens is 368 g/mol. The summed E-state index contributed by atoms with van der Waals surface area (Å²) < 4.78 is 11.0. The number of hydrogen-bond acceptors (Lipinski definition) is 5. The summed E-state index contributed by atoms with van der Waals surface area (Å²) in [5.41, 5.74) is 2.13. The molecule has 1 N–H and O–H groups in total. The number of aromatic nitrogens is 2. The van der Waals surface area contributed by atoms with Crippen molar-refractivity contribution in [2.24, 2.45) is 5.92 Å². The van der Waals surface area contributed by atoms with Gasteiger partial charge in [-0.25, -0.2) is 4.98 Å². The van der Waals surface area contributed by atoms with Crippen molar-refractivity contribution in [3.8, 4) is 5.75 Å². The second kappa shape index (κ2) is 7.04. The van der Waals surface area contributed by atoms with Crippen LogP contribution >= 0.6 is 11.6 Å². The number of aryl methyl sites for hydroxylation is 1. The zero-order valence-electron chi connectivity index (χ0n) is 14.6. The van der Waals surface area contributed by atoms with E-state index < -0.39 is 11.9 Å². The van der Waals surface area contributed by atoms with E-state index in [0.717, 1.165) is 16.9 Å². The van der Waals surface area contributed by atoms with Gasteiger partial charge in [-0.1, -0.05) is 23.7 Å². The second-order valence-electron chi connectivity index (χ2n) is 6.56. The SMILES string of the molecule is Cc1cccc2c(=O)[nH]c(COC(=O)C3COc4ccc(Cl)cc4C3)nc12. The first-order chi connectivity index (χ1) is 13.0. The third kappa shape index (κ3) is 3.53. The van der Waals surface area contributed by atoms with Crippen LogP contribution in [-0.2, 0) is 22.6 Å². The van der Waals surface area contributed by atoms with Crippen molar-refractivity contribution in [1.29, 1.82) is 0 Å². The molecule has 2 aromatic carbocycles. The first-order valence-electron chi connectivity index (χ1n) is 8.57. The highest BCUT2D eigenvalue weighted by molar-refractivity contribution is 6.30. The third-order valence-corrected chi connectivity index (χ3v) is 4.84. The van der Waals surface area contributed by atoms with E-state index in [4.69, 9.17) is 21.1 Å². The zero-order valence-corrected chi connectivity index (χ0v) is 15.4. The van der Waals surface area contributed by atoms with Crippen LogP contribution in [0.1, 0.15) is 17.0 Å². The Balaban J connectivity index is 1.48. The number of benzene rings is 2. The minimum Gasteiger partial charge on any atom is -0.492 e. The number of fused-ring (bicyclic) bond motifs is 2. The van der Waals surface area contributed by atoms with E-state index in [1.165, 1.54) is 0 Å². The number of hydrogen-bond donors (Lipinski definition) is 1. The van der Waals surface area contributed by atoms with Crippen LogP contribution in [0, 0.1) is 12.8 Å². The van der Waals surface area contributed by atoms with Crippen LogP contribution in [0.2, 0.25) is 5.02 Å². The summed E-state index contributed by atoms with van der Waals surface area (Å²) in [6.07, 6.45) is 0.496. The average Bonchev–Trinajstić information content (AvgIpc) is 2.66. The number of H-pyrrole nitrogens is 1. The summed E-state index contributed by atoms with van der Waals surface area (Å²) >= 11 is 6.01. The molecule has 6 nitrogen and oxygen atoms in total. The van der Waals surface area contributed by atoms with E-state index in [9.17, 15) is 9.59 Å². The maximum atomic E-state index is 12.4. The van der Waals surface area contributed by atoms with Crippen LogP contribution in [0.3, 0.4) is 0 Å². The number of halogens is 1. The van der Waals surface area contributed by atoms with Gasteiger partial charge in [0.15, 0.2) is 0 Å². The van der Waals surface area contributed by atoms with Gasteiger partial charge in [-0.3, -0.25) is 9.59 Å². The standard InChI is InChI=1S/C20H17ClN2O4/c1-11-3-2-4-15-18(11)22-17(23-19(15)24)10-27-20(25)13-7-12-8-14(21)5-6-16(12)26-9-13/h2-6,8,13H,7,9-10H2,1H3,(H,22,23,24). The minimum atomic E-state index is -0.426. The molecule has 0 spiro atoms. The molecule has 27 heavy (non-hydrogen) atoms. The molecule has 0 bridgehead atoms. The lowest BCUT2D eigenvalue weighted by Crippen LogP contribution is -2.30. The van der Waals surface area contributed by atoms with Gasteiger partial charge in [0.1, 0.15) is 24.8 Å². The molecule has 0 amide bonds. The van der Waals surface area contributed by atoms with Gasteiger partial charge in [0.2, 0.25) is 0 Å². The largest absolute Gasteiger partial charge is 0.492 e. The number of carbonyl (C=O) groups is 1. The van der Waals surface area contributed by atoms with E-state index in [-0.39, 0.29) is 18.8 Å². The Labute approximate surface area is 160 Å². The summed E-state index contributed by atoms with van der Waals surface area (Å²) in [5, 5.41) is 1.11. The number of nitrogens with one attached hydrogen (secondary N) is 1. The monoisotopic (exact) mass is 384 g/mol. The average molecular weight is 385 g/mol. The fraction of sp³-hybridized carbons (Fsp3) is 0.250. The van der Waals surface area contributed by atoms with Gasteiger partial charge in [-0.15, -0.1) is 0 Å². The van der Waals surface area contributed by atoms with E-state index >= 15 is 0 Å². The van der Waals surface area contributed by atoms with Crippen LogP contribution in [0.4, 0.5) is 0 Å². The van der Waals surface area contributed by atoms with Crippen molar-refractivity contribution >= 4 is 28.5 Å². The molecule has 1 aromatic heterocycles. The molecule has 2 heterocycles. The molecule has 3 aromatic rings. The zero-order chi connectivity index (χ0) is 19.0. The number of esters is 1.